The number of thiophene rings is 1. The van der Waals surface area contributed by atoms with E-state index in [4.69, 9.17) is 19.4 Å². The van der Waals surface area contributed by atoms with E-state index < -0.39 is 0 Å². The first-order valence-corrected chi connectivity index (χ1v) is 20.5. The summed E-state index contributed by atoms with van der Waals surface area (Å²) in [6, 6.07) is 57.9. The van der Waals surface area contributed by atoms with E-state index in [1.807, 2.05) is 23.5 Å². The molecule has 0 atom stereocenters. The summed E-state index contributed by atoms with van der Waals surface area (Å²) in [6.45, 7) is 0. The fourth-order valence-electron chi connectivity index (χ4n) is 8.72. The van der Waals surface area contributed by atoms with Crippen molar-refractivity contribution in [1.82, 2.24) is 15.0 Å². The smallest absolute Gasteiger partial charge is 0.164 e. The van der Waals surface area contributed by atoms with Gasteiger partial charge in [-0.25, -0.2) is 15.0 Å². The fourth-order valence-corrected chi connectivity index (χ4v) is 9.93. The van der Waals surface area contributed by atoms with Crippen molar-refractivity contribution in [2.75, 3.05) is 0 Å². The van der Waals surface area contributed by atoms with E-state index in [0.29, 0.717) is 17.5 Å². The van der Waals surface area contributed by atoms with Crippen LogP contribution in [0.25, 0.3) is 116 Å². The van der Waals surface area contributed by atoms with E-state index in [9.17, 15) is 0 Å². The molecule has 0 radical (unpaired) electrons. The minimum atomic E-state index is 0.604. The van der Waals surface area contributed by atoms with Gasteiger partial charge >= 0.3 is 0 Å². The highest BCUT2D eigenvalue weighted by Gasteiger charge is 2.21. The first kappa shape index (κ1) is 33.0. The quantitative estimate of drug-likeness (QED) is 0.175. The average Bonchev–Trinajstić information content (AvgIpc) is 3.87. The molecule has 0 amide bonds. The molecule has 4 nitrogen and oxygen atoms in total. The van der Waals surface area contributed by atoms with Gasteiger partial charge in [-0.15, -0.1) is 11.3 Å². The molecule has 0 aliphatic heterocycles. The second kappa shape index (κ2) is 13.2. The number of aromatic nitrogens is 3. The van der Waals surface area contributed by atoms with E-state index in [2.05, 4.69) is 164 Å². The van der Waals surface area contributed by atoms with Crippen molar-refractivity contribution >= 4 is 71.0 Å². The molecule has 0 unspecified atom stereocenters. The van der Waals surface area contributed by atoms with Gasteiger partial charge in [0.1, 0.15) is 11.2 Å². The Morgan fingerprint density at radius 2 is 1.09 bits per heavy atom. The Labute approximate surface area is 338 Å². The summed E-state index contributed by atoms with van der Waals surface area (Å²) in [5.41, 5.74) is 10.6. The van der Waals surface area contributed by atoms with Gasteiger partial charge in [-0.1, -0.05) is 133 Å². The van der Waals surface area contributed by atoms with Gasteiger partial charge in [-0.2, -0.15) is 0 Å². The molecular weight excluding hydrogens is 727 g/mol. The van der Waals surface area contributed by atoms with Gasteiger partial charge in [0.05, 0.1) is 0 Å². The molecule has 0 saturated heterocycles. The summed E-state index contributed by atoms with van der Waals surface area (Å²) in [6.07, 6.45) is 6.73. The average molecular weight is 760 g/mol. The van der Waals surface area contributed by atoms with Crippen LogP contribution in [0.1, 0.15) is 16.9 Å². The monoisotopic (exact) mass is 759 g/mol. The van der Waals surface area contributed by atoms with Crippen LogP contribution in [0, 0.1) is 0 Å². The third kappa shape index (κ3) is 5.47. The third-order valence-electron chi connectivity index (χ3n) is 11.6. The van der Waals surface area contributed by atoms with E-state index >= 15 is 0 Å². The summed E-state index contributed by atoms with van der Waals surface area (Å²) in [5, 5.41) is 8.16. The predicted molar refractivity (Wildman–Crippen MR) is 242 cm³/mol. The number of aryl methyl sites for hydroxylation is 1. The summed E-state index contributed by atoms with van der Waals surface area (Å²) in [5.74, 6) is 1.85. The Morgan fingerprint density at radius 3 is 1.90 bits per heavy atom. The first-order chi connectivity index (χ1) is 28.7. The van der Waals surface area contributed by atoms with Crippen molar-refractivity contribution in [2.24, 2.45) is 0 Å². The van der Waals surface area contributed by atoms with Crippen molar-refractivity contribution < 1.29 is 4.42 Å². The van der Waals surface area contributed by atoms with Crippen LogP contribution in [0.3, 0.4) is 0 Å². The van der Waals surface area contributed by atoms with Crippen LogP contribution in [0.5, 0.6) is 0 Å². The molecule has 12 rings (SSSR count). The van der Waals surface area contributed by atoms with Crippen LogP contribution in [-0.4, -0.2) is 15.0 Å². The fraction of sp³-hybridized carbons (Fsp3) is 0.0377. The van der Waals surface area contributed by atoms with E-state index in [0.717, 1.165) is 68.0 Å². The number of allylic oxidation sites excluding steroid dienone is 1. The van der Waals surface area contributed by atoms with Crippen molar-refractivity contribution in [1.29, 1.82) is 0 Å². The van der Waals surface area contributed by atoms with Crippen molar-refractivity contribution in [3.63, 3.8) is 0 Å². The zero-order valence-electron chi connectivity index (χ0n) is 31.3. The van der Waals surface area contributed by atoms with Gasteiger partial charge in [-0.3, -0.25) is 0 Å². The van der Waals surface area contributed by atoms with Crippen molar-refractivity contribution in [2.45, 2.75) is 12.8 Å². The van der Waals surface area contributed by atoms with Gasteiger partial charge in [0.15, 0.2) is 17.5 Å². The molecule has 5 heteroatoms. The highest BCUT2D eigenvalue weighted by Crippen LogP contribution is 2.43. The lowest BCUT2D eigenvalue weighted by Gasteiger charge is -2.11. The van der Waals surface area contributed by atoms with Crippen LogP contribution < -0.4 is 0 Å². The number of rotatable bonds is 5. The SMILES string of the molecule is C1=Cc2sc3cccc(-c4ccc5c(c4)oc4cccc(-c6nc(-c7ccc(-c8ccc9ccccc9c8)cc7)nc(-c7ccc8ccccc8c7)n6)c45)c3c2CC1. The molecule has 58 heavy (non-hydrogen) atoms. The second-order valence-corrected chi connectivity index (χ2v) is 16.1. The lowest BCUT2D eigenvalue weighted by atomic mass is 9.94. The van der Waals surface area contributed by atoms with Crippen LogP contribution in [0.15, 0.2) is 174 Å². The number of benzene rings is 8. The maximum atomic E-state index is 6.66. The molecule has 1 aliphatic carbocycles. The highest BCUT2D eigenvalue weighted by atomic mass is 32.1. The van der Waals surface area contributed by atoms with Crippen LogP contribution in [0.4, 0.5) is 0 Å². The molecule has 272 valence electrons. The molecule has 1 aliphatic rings. The first-order valence-electron chi connectivity index (χ1n) is 19.7. The molecule has 11 aromatic rings. The maximum Gasteiger partial charge on any atom is 0.164 e. The van der Waals surface area contributed by atoms with Crippen molar-refractivity contribution in [3.8, 4) is 56.4 Å². The predicted octanol–water partition coefficient (Wildman–Crippen LogP) is 14.6. The summed E-state index contributed by atoms with van der Waals surface area (Å²) < 4.78 is 7.99. The molecule has 0 saturated carbocycles. The van der Waals surface area contributed by atoms with Crippen LogP contribution in [0.2, 0.25) is 0 Å². The minimum Gasteiger partial charge on any atom is -0.456 e. The van der Waals surface area contributed by atoms with Crippen LogP contribution in [-0.2, 0) is 6.42 Å². The number of hydrogen-bond acceptors (Lipinski definition) is 5. The summed E-state index contributed by atoms with van der Waals surface area (Å²) in [4.78, 5) is 16.9. The Bertz CT molecular complexity index is 3460. The normalized spacial score (nSPS) is 12.6. The second-order valence-electron chi connectivity index (χ2n) is 15.1. The molecule has 8 aromatic carbocycles. The van der Waals surface area contributed by atoms with Gasteiger partial charge in [-0.05, 0) is 105 Å². The Balaban J connectivity index is 1.00. The zero-order chi connectivity index (χ0) is 38.2. The summed E-state index contributed by atoms with van der Waals surface area (Å²) >= 11 is 1.89. The third-order valence-corrected chi connectivity index (χ3v) is 12.8. The molecule has 0 bridgehead atoms. The van der Waals surface area contributed by atoms with Crippen molar-refractivity contribution in [3.05, 3.63) is 180 Å². The van der Waals surface area contributed by atoms with Gasteiger partial charge in [0.25, 0.3) is 0 Å². The topological polar surface area (TPSA) is 51.8 Å². The maximum absolute atomic E-state index is 6.66. The Morgan fingerprint density at radius 1 is 0.448 bits per heavy atom. The Kier molecular flexibility index (Phi) is 7.50. The molecule has 0 N–H and O–H groups in total. The standard InChI is InChI=1S/C53H33N3OS/c1-3-11-36-29-38(25-21-32(36)9-1)34-19-23-35(24-20-34)51-54-52(40-26-22-33-10-2-4-12-37(33)30-40)56-53(55-51)44-15-7-16-45-49(44)42-28-27-39(31-46(42)57-45)41-14-8-18-48-50(41)43-13-5-6-17-47(43)58-48/h1-4,6-12,14-31H,5,13H2. The molecule has 3 heterocycles. The van der Waals surface area contributed by atoms with E-state index in [1.165, 1.54) is 47.8 Å². The Hall–Kier alpha value is -7.21. The molecule has 0 spiro atoms. The molecule has 3 aromatic heterocycles. The van der Waals surface area contributed by atoms with Crippen LogP contribution >= 0.6 is 11.3 Å². The lowest BCUT2D eigenvalue weighted by Crippen LogP contribution is -2.00. The van der Waals surface area contributed by atoms with E-state index in [-0.39, 0.29) is 0 Å². The lowest BCUT2D eigenvalue weighted by molar-refractivity contribution is 0.669. The minimum absolute atomic E-state index is 0.604. The van der Waals surface area contributed by atoms with Gasteiger partial charge < -0.3 is 4.42 Å². The largest absolute Gasteiger partial charge is 0.456 e. The number of nitrogens with zero attached hydrogens (tertiary/aromatic N) is 3. The van der Waals surface area contributed by atoms with Gasteiger partial charge in [0, 0.05) is 42.4 Å². The van der Waals surface area contributed by atoms with Gasteiger partial charge in [0.2, 0.25) is 0 Å². The number of fused-ring (bicyclic) bond motifs is 8. The number of furan rings is 1. The summed E-state index contributed by atoms with van der Waals surface area (Å²) in [7, 11) is 0. The number of hydrogen-bond donors (Lipinski definition) is 0. The zero-order valence-corrected chi connectivity index (χ0v) is 32.1. The highest BCUT2D eigenvalue weighted by molar-refractivity contribution is 7.20. The molecular formula is C53H33N3OS. The van der Waals surface area contributed by atoms with E-state index in [1.54, 1.807) is 0 Å². The molecule has 0 fully saturated rings.